The van der Waals surface area contributed by atoms with Crippen LogP contribution in [0.5, 0.6) is 5.75 Å². The van der Waals surface area contributed by atoms with Gasteiger partial charge in [-0.3, -0.25) is 4.90 Å². The van der Waals surface area contributed by atoms with Crippen LogP contribution in [0.1, 0.15) is 36.8 Å². The van der Waals surface area contributed by atoms with E-state index in [1.54, 1.807) is 7.11 Å². The Balaban J connectivity index is 1.74. The largest absolute Gasteiger partial charge is 0.496 e. The molecule has 0 unspecified atom stereocenters. The number of fused-ring (bicyclic) bond motifs is 1. The highest BCUT2D eigenvalue weighted by Crippen LogP contribution is 2.32. The standard InChI is InChI=1S/C19H25N3O/c1-14-12-18(23-2)17(16-5-9-21-19(14)16)13-22-10-6-15(7-11-22)4-3-8-20/h5,9,12,15,21H,3-4,6-7,10-11,13H2,1-2H3. The van der Waals surface area contributed by atoms with Gasteiger partial charge in [-0.15, -0.1) is 0 Å². The first kappa shape index (κ1) is 15.9. The maximum atomic E-state index is 8.73. The van der Waals surface area contributed by atoms with Crippen LogP contribution in [0.3, 0.4) is 0 Å². The SMILES string of the molecule is COc1cc(C)c2[nH]ccc2c1CN1CCC(CCC#N)CC1. The number of piperidine rings is 1. The summed E-state index contributed by atoms with van der Waals surface area (Å²) in [4.78, 5) is 5.86. The molecule has 0 aliphatic carbocycles. The average Bonchev–Trinajstić information content (AvgIpc) is 3.07. The molecule has 1 aliphatic rings. The predicted molar refractivity (Wildman–Crippen MR) is 92.4 cm³/mol. The molecular formula is C19H25N3O. The van der Waals surface area contributed by atoms with Crippen molar-refractivity contribution in [2.75, 3.05) is 20.2 Å². The molecule has 122 valence electrons. The molecule has 3 rings (SSSR count). The molecule has 0 amide bonds. The maximum absolute atomic E-state index is 8.73. The van der Waals surface area contributed by atoms with Crippen LogP contribution >= 0.6 is 0 Å². The molecule has 0 saturated carbocycles. The van der Waals surface area contributed by atoms with Gasteiger partial charge in [0, 0.05) is 35.6 Å². The van der Waals surface area contributed by atoms with Gasteiger partial charge in [0.2, 0.25) is 0 Å². The van der Waals surface area contributed by atoms with Crippen molar-refractivity contribution in [2.45, 2.75) is 39.2 Å². The lowest BCUT2D eigenvalue weighted by molar-refractivity contribution is 0.172. The zero-order valence-corrected chi connectivity index (χ0v) is 14.1. The lowest BCUT2D eigenvalue weighted by Gasteiger charge is -2.32. The van der Waals surface area contributed by atoms with Crippen LogP contribution < -0.4 is 4.74 Å². The number of benzene rings is 1. The molecular weight excluding hydrogens is 286 g/mol. The van der Waals surface area contributed by atoms with Gasteiger partial charge in [0.05, 0.1) is 13.2 Å². The Morgan fingerprint density at radius 3 is 2.87 bits per heavy atom. The topological polar surface area (TPSA) is 52.0 Å². The number of ether oxygens (including phenoxy) is 1. The van der Waals surface area contributed by atoms with Gasteiger partial charge in [-0.05, 0) is 62.9 Å². The number of methoxy groups -OCH3 is 1. The Kier molecular flexibility index (Phi) is 4.88. The zero-order chi connectivity index (χ0) is 16.2. The number of nitrogens with one attached hydrogen (secondary N) is 1. The zero-order valence-electron chi connectivity index (χ0n) is 14.1. The molecule has 23 heavy (non-hydrogen) atoms. The normalized spacial score (nSPS) is 16.6. The summed E-state index contributed by atoms with van der Waals surface area (Å²) < 4.78 is 5.64. The van der Waals surface area contributed by atoms with E-state index in [0.717, 1.165) is 37.7 Å². The first-order chi connectivity index (χ1) is 11.2. The highest BCUT2D eigenvalue weighted by molar-refractivity contribution is 5.88. The number of aryl methyl sites for hydroxylation is 1. The Bertz CT molecular complexity index is 705. The number of aromatic amines is 1. The second-order valence-electron chi connectivity index (χ2n) is 6.56. The molecule has 1 aromatic heterocycles. The number of nitrogens with zero attached hydrogens (tertiary/aromatic N) is 2. The first-order valence-corrected chi connectivity index (χ1v) is 8.45. The van der Waals surface area contributed by atoms with Crippen molar-refractivity contribution in [1.82, 2.24) is 9.88 Å². The van der Waals surface area contributed by atoms with Crippen LogP contribution in [0, 0.1) is 24.2 Å². The third-order valence-electron chi connectivity index (χ3n) is 5.08. The second kappa shape index (κ2) is 7.06. The van der Waals surface area contributed by atoms with Crippen LogP contribution in [0.2, 0.25) is 0 Å². The summed E-state index contributed by atoms with van der Waals surface area (Å²) in [6.07, 6.45) is 6.16. The van der Waals surface area contributed by atoms with Crippen LogP contribution in [-0.2, 0) is 6.54 Å². The van der Waals surface area contributed by atoms with Crippen molar-refractivity contribution >= 4 is 10.9 Å². The van der Waals surface area contributed by atoms with Crippen molar-refractivity contribution in [3.8, 4) is 11.8 Å². The van der Waals surface area contributed by atoms with Gasteiger partial charge in [-0.2, -0.15) is 5.26 Å². The Hall–Kier alpha value is -1.99. The molecule has 1 N–H and O–H groups in total. The van der Waals surface area contributed by atoms with Gasteiger partial charge in [-0.1, -0.05) is 0 Å². The number of rotatable bonds is 5. The number of nitriles is 1. The minimum atomic E-state index is 0.695. The van der Waals surface area contributed by atoms with Gasteiger partial charge in [0.1, 0.15) is 5.75 Å². The minimum Gasteiger partial charge on any atom is -0.496 e. The lowest BCUT2D eigenvalue weighted by atomic mass is 9.92. The lowest BCUT2D eigenvalue weighted by Crippen LogP contribution is -2.33. The van der Waals surface area contributed by atoms with Crippen LogP contribution in [0.25, 0.3) is 10.9 Å². The average molecular weight is 311 g/mol. The van der Waals surface area contributed by atoms with Gasteiger partial charge in [0.15, 0.2) is 0 Å². The van der Waals surface area contributed by atoms with E-state index >= 15 is 0 Å². The quantitative estimate of drug-likeness (QED) is 0.908. The third-order valence-corrected chi connectivity index (χ3v) is 5.08. The van der Waals surface area contributed by atoms with Crippen molar-refractivity contribution in [3.05, 3.63) is 29.5 Å². The molecule has 1 aliphatic heterocycles. The van der Waals surface area contributed by atoms with E-state index in [0.29, 0.717) is 6.42 Å². The number of likely N-dealkylation sites (tertiary alicyclic amines) is 1. The molecule has 0 spiro atoms. The van der Waals surface area contributed by atoms with E-state index in [1.807, 2.05) is 6.20 Å². The van der Waals surface area contributed by atoms with E-state index in [9.17, 15) is 0 Å². The molecule has 1 saturated heterocycles. The van der Waals surface area contributed by atoms with E-state index < -0.39 is 0 Å². The highest BCUT2D eigenvalue weighted by Gasteiger charge is 2.21. The monoisotopic (exact) mass is 311 g/mol. The van der Waals surface area contributed by atoms with Crippen molar-refractivity contribution in [2.24, 2.45) is 5.92 Å². The number of aromatic nitrogens is 1. The summed E-state index contributed by atoms with van der Waals surface area (Å²) in [6, 6.07) is 6.56. The Labute approximate surface area is 138 Å². The fourth-order valence-corrected chi connectivity index (χ4v) is 3.71. The molecule has 0 radical (unpaired) electrons. The van der Waals surface area contributed by atoms with Crippen molar-refractivity contribution in [1.29, 1.82) is 5.26 Å². The number of hydrogen-bond acceptors (Lipinski definition) is 3. The van der Waals surface area contributed by atoms with Gasteiger partial charge >= 0.3 is 0 Å². The Morgan fingerprint density at radius 2 is 2.17 bits per heavy atom. The summed E-state index contributed by atoms with van der Waals surface area (Å²) in [5, 5.41) is 10.00. The van der Waals surface area contributed by atoms with Gasteiger partial charge < -0.3 is 9.72 Å². The van der Waals surface area contributed by atoms with Crippen LogP contribution in [0.15, 0.2) is 18.3 Å². The van der Waals surface area contributed by atoms with E-state index in [4.69, 9.17) is 10.00 Å². The summed E-state index contributed by atoms with van der Waals surface area (Å²) >= 11 is 0. The molecule has 4 heteroatoms. The smallest absolute Gasteiger partial charge is 0.124 e. The van der Waals surface area contributed by atoms with Crippen LogP contribution in [-0.4, -0.2) is 30.1 Å². The Morgan fingerprint density at radius 1 is 1.39 bits per heavy atom. The van der Waals surface area contributed by atoms with Gasteiger partial charge in [0.25, 0.3) is 0 Å². The molecule has 2 heterocycles. The van der Waals surface area contributed by atoms with Crippen LogP contribution in [0.4, 0.5) is 0 Å². The number of H-pyrrole nitrogens is 1. The molecule has 0 bridgehead atoms. The van der Waals surface area contributed by atoms with Crippen molar-refractivity contribution < 1.29 is 4.74 Å². The van der Waals surface area contributed by atoms with E-state index in [2.05, 4.69) is 35.0 Å². The molecule has 1 fully saturated rings. The van der Waals surface area contributed by atoms with E-state index in [1.165, 1.54) is 34.9 Å². The molecule has 0 atom stereocenters. The summed E-state index contributed by atoms with van der Waals surface area (Å²) in [6.45, 7) is 5.27. The minimum absolute atomic E-state index is 0.695. The van der Waals surface area contributed by atoms with Gasteiger partial charge in [-0.25, -0.2) is 0 Å². The third kappa shape index (κ3) is 3.35. The maximum Gasteiger partial charge on any atom is 0.124 e. The molecule has 2 aromatic rings. The fourth-order valence-electron chi connectivity index (χ4n) is 3.71. The summed E-state index contributed by atoms with van der Waals surface area (Å²) in [5.74, 6) is 1.71. The second-order valence-corrected chi connectivity index (χ2v) is 6.56. The number of hydrogen-bond donors (Lipinski definition) is 1. The molecule has 1 aromatic carbocycles. The first-order valence-electron chi connectivity index (χ1n) is 8.45. The highest BCUT2D eigenvalue weighted by atomic mass is 16.5. The van der Waals surface area contributed by atoms with Crippen molar-refractivity contribution in [3.63, 3.8) is 0 Å². The summed E-state index contributed by atoms with van der Waals surface area (Å²) in [5.41, 5.74) is 3.72. The summed E-state index contributed by atoms with van der Waals surface area (Å²) in [7, 11) is 1.75. The predicted octanol–water partition coefficient (Wildman–Crippen LogP) is 4.00. The van der Waals surface area contributed by atoms with E-state index in [-0.39, 0.29) is 0 Å². The molecule has 4 nitrogen and oxygen atoms in total. The fraction of sp³-hybridized carbons (Fsp3) is 0.526.